The fourth-order valence-electron chi connectivity index (χ4n) is 1.23. The Hall–Kier alpha value is 0.870. The Bertz CT molecular complexity index is 228. The predicted molar refractivity (Wildman–Crippen MR) is 53.9 cm³/mol. The van der Waals surface area contributed by atoms with Gasteiger partial charge in [0.25, 0.3) is 0 Å². The van der Waals surface area contributed by atoms with Gasteiger partial charge in [-0.15, -0.1) is 0 Å². The smallest absolute Gasteiger partial charge is 0.748 e. The second-order valence-electron chi connectivity index (χ2n) is 3.55. The van der Waals surface area contributed by atoms with E-state index in [1.54, 1.807) is 0 Å². The van der Waals surface area contributed by atoms with Crippen molar-refractivity contribution in [3.8, 4) is 0 Å². The molecule has 6 heteroatoms. The first-order chi connectivity index (χ1) is 6.45. The van der Waals surface area contributed by atoms with Crippen molar-refractivity contribution in [1.82, 2.24) is 0 Å². The zero-order valence-corrected chi connectivity index (χ0v) is 12.4. The zero-order chi connectivity index (χ0) is 11.0. The maximum Gasteiger partial charge on any atom is 1.00 e. The standard InChI is InChI=1S/C9H20O4S.Na/c1-2-3-4-5-6-9(10)7-8-14(11,12)13;/h9-10H,2-8H2,1H3,(H,11,12,13);/q;+1/p-1. The van der Waals surface area contributed by atoms with Crippen LogP contribution in [-0.2, 0) is 10.1 Å². The summed E-state index contributed by atoms with van der Waals surface area (Å²) in [5, 5.41) is 9.31. The third-order valence-corrected chi connectivity index (χ3v) is 2.83. The molecule has 0 amide bonds. The molecular formula is C9H19NaO4S. The van der Waals surface area contributed by atoms with E-state index < -0.39 is 22.0 Å². The van der Waals surface area contributed by atoms with E-state index in [9.17, 15) is 18.1 Å². The molecule has 0 fully saturated rings. The minimum atomic E-state index is -4.16. The van der Waals surface area contributed by atoms with Crippen LogP contribution in [0, 0.1) is 0 Å². The van der Waals surface area contributed by atoms with E-state index in [4.69, 9.17) is 0 Å². The van der Waals surface area contributed by atoms with E-state index in [0.717, 1.165) is 25.7 Å². The third-order valence-electron chi connectivity index (χ3n) is 2.09. The van der Waals surface area contributed by atoms with Crippen molar-refractivity contribution in [3.05, 3.63) is 0 Å². The second-order valence-corrected chi connectivity index (χ2v) is 5.08. The van der Waals surface area contributed by atoms with Crippen LogP contribution >= 0.6 is 0 Å². The molecule has 0 saturated heterocycles. The largest absolute Gasteiger partial charge is 1.00 e. The average Bonchev–Trinajstić information content (AvgIpc) is 2.08. The molecule has 0 aromatic rings. The van der Waals surface area contributed by atoms with Crippen LogP contribution in [0.25, 0.3) is 0 Å². The quantitative estimate of drug-likeness (QED) is 0.313. The first-order valence-corrected chi connectivity index (χ1v) is 6.65. The van der Waals surface area contributed by atoms with Crippen molar-refractivity contribution in [2.24, 2.45) is 0 Å². The molecule has 0 heterocycles. The Morgan fingerprint density at radius 2 is 1.80 bits per heavy atom. The molecule has 0 aliphatic carbocycles. The molecule has 4 nitrogen and oxygen atoms in total. The fourth-order valence-corrected chi connectivity index (χ4v) is 1.79. The van der Waals surface area contributed by atoms with Gasteiger partial charge < -0.3 is 9.66 Å². The van der Waals surface area contributed by atoms with E-state index in [0.29, 0.717) is 6.42 Å². The Morgan fingerprint density at radius 3 is 2.27 bits per heavy atom. The van der Waals surface area contributed by atoms with E-state index >= 15 is 0 Å². The Labute approximate surface area is 114 Å². The van der Waals surface area contributed by atoms with Gasteiger partial charge in [-0.25, -0.2) is 8.42 Å². The molecule has 1 atom stereocenters. The van der Waals surface area contributed by atoms with Crippen molar-refractivity contribution >= 4 is 10.1 Å². The van der Waals surface area contributed by atoms with Crippen LogP contribution in [0.4, 0.5) is 0 Å². The molecule has 0 aliphatic rings. The minimum absolute atomic E-state index is 0. The van der Waals surface area contributed by atoms with Gasteiger partial charge in [0.1, 0.15) is 0 Å². The number of unbranched alkanes of at least 4 members (excludes halogenated alkanes) is 3. The van der Waals surface area contributed by atoms with Crippen molar-refractivity contribution in [1.29, 1.82) is 0 Å². The van der Waals surface area contributed by atoms with Gasteiger partial charge in [-0.3, -0.25) is 0 Å². The SMILES string of the molecule is CCCCCCC(O)CCS(=O)(=O)[O-].[Na+]. The summed E-state index contributed by atoms with van der Waals surface area (Å²) in [7, 11) is -4.16. The fraction of sp³-hybridized carbons (Fsp3) is 1.00. The molecule has 1 N–H and O–H groups in total. The monoisotopic (exact) mass is 246 g/mol. The van der Waals surface area contributed by atoms with Crippen LogP contribution in [0.2, 0.25) is 0 Å². The van der Waals surface area contributed by atoms with Gasteiger partial charge >= 0.3 is 29.6 Å². The van der Waals surface area contributed by atoms with E-state index in [-0.39, 0.29) is 36.0 Å². The van der Waals surface area contributed by atoms with Gasteiger partial charge in [-0.2, -0.15) is 0 Å². The number of hydrogen-bond donors (Lipinski definition) is 1. The summed E-state index contributed by atoms with van der Waals surface area (Å²) in [4.78, 5) is 0. The normalized spacial score (nSPS) is 13.3. The van der Waals surface area contributed by atoms with Crippen LogP contribution in [0.15, 0.2) is 0 Å². The summed E-state index contributed by atoms with van der Waals surface area (Å²) < 4.78 is 30.7. The van der Waals surface area contributed by atoms with Gasteiger partial charge in [-0.05, 0) is 12.8 Å². The molecule has 0 spiro atoms. The molecule has 0 aromatic carbocycles. The summed E-state index contributed by atoms with van der Waals surface area (Å²) in [6.07, 6.45) is 4.23. The molecule has 1 unspecified atom stereocenters. The maximum atomic E-state index is 10.2. The van der Waals surface area contributed by atoms with Crippen LogP contribution in [0.5, 0.6) is 0 Å². The van der Waals surface area contributed by atoms with E-state index in [1.807, 2.05) is 0 Å². The number of aliphatic hydroxyl groups is 1. The van der Waals surface area contributed by atoms with Crippen LogP contribution in [-0.4, -0.2) is 29.9 Å². The summed E-state index contributed by atoms with van der Waals surface area (Å²) in [6.45, 7) is 2.10. The van der Waals surface area contributed by atoms with E-state index in [2.05, 4.69) is 6.92 Å². The van der Waals surface area contributed by atoms with Crippen molar-refractivity contribution in [3.63, 3.8) is 0 Å². The Kier molecular flexibility index (Phi) is 12.2. The first-order valence-electron chi connectivity index (χ1n) is 5.07. The first kappa shape index (κ1) is 18.2. The zero-order valence-electron chi connectivity index (χ0n) is 9.61. The summed E-state index contributed by atoms with van der Waals surface area (Å²) in [5.74, 6) is -0.456. The Morgan fingerprint density at radius 1 is 1.20 bits per heavy atom. The summed E-state index contributed by atoms with van der Waals surface area (Å²) >= 11 is 0. The second kappa shape index (κ2) is 10.1. The minimum Gasteiger partial charge on any atom is -0.748 e. The molecule has 86 valence electrons. The number of hydrogen-bond acceptors (Lipinski definition) is 4. The molecule has 15 heavy (non-hydrogen) atoms. The average molecular weight is 246 g/mol. The maximum absolute atomic E-state index is 10.2. The molecule has 0 saturated carbocycles. The van der Waals surface area contributed by atoms with Crippen molar-refractivity contribution in [2.75, 3.05) is 5.75 Å². The van der Waals surface area contributed by atoms with Crippen molar-refractivity contribution in [2.45, 2.75) is 51.6 Å². The number of aliphatic hydroxyl groups excluding tert-OH is 1. The van der Waals surface area contributed by atoms with Gasteiger partial charge in [0.15, 0.2) is 0 Å². The molecule has 0 aliphatic heterocycles. The van der Waals surface area contributed by atoms with Crippen LogP contribution < -0.4 is 29.6 Å². The van der Waals surface area contributed by atoms with Crippen LogP contribution in [0.3, 0.4) is 0 Å². The van der Waals surface area contributed by atoms with Crippen LogP contribution in [0.1, 0.15) is 45.4 Å². The molecule has 0 bridgehead atoms. The number of rotatable bonds is 8. The Balaban J connectivity index is 0. The van der Waals surface area contributed by atoms with Gasteiger partial charge in [0.2, 0.25) is 0 Å². The third kappa shape index (κ3) is 14.9. The molecule has 0 radical (unpaired) electrons. The molecule has 0 rings (SSSR count). The predicted octanol–water partition coefficient (Wildman–Crippen LogP) is -1.74. The van der Waals surface area contributed by atoms with Crippen molar-refractivity contribution < 1.29 is 47.6 Å². The summed E-state index contributed by atoms with van der Waals surface area (Å²) in [6, 6.07) is 0. The van der Waals surface area contributed by atoms with Gasteiger partial charge in [0, 0.05) is 5.75 Å². The summed E-state index contributed by atoms with van der Waals surface area (Å²) in [5.41, 5.74) is 0. The molecule has 0 aromatic heterocycles. The topological polar surface area (TPSA) is 77.4 Å². The van der Waals surface area contributed by atoms with E-state index in [1.165, 1.54) is 0 Å². The van der Waals surface area contributed by atoms with Gasteiger partial charge in [0.05, 0.1) is 16.2 Å². The molecular weight excluding hydrogens is 227 g/mol. The van der Waals surface area contributed by atoms with Gasteiger partial charge in [-0.1, -0.05) is 32.6 Å².